The zero-order chi connectivity index (χ0) is 22.7. The van der Waals surface area contributed by atoms with Gasteiger partial charge in [-0.15, -0.1) is 0 Å². The van der Waals surface area contributed by atoms with Crippen LogP contribution in [0, 0.1) is 11.8 Å². The second-order valence-corrected chi connectivity index (χ2v) is 9.09. The lowest BCUT2D eigenvalue weighted by Gasteiger charge is -2.23. The van der Waals surface area contributed by atoms with E-state index in [1.807, 2.05) is 24.5 Å². The smallest absolute Gasteiger partial charge is 0.332 e. The van der Waals surface area contributed by atoms with Crippen LogP contribution in [-0.2, 0) is 22.6 Å². The van der Waals surface area contributed by atoms with Crippen LogP contribution in [0.3, 0.4) is 0 Å². The average molecular weight is 443 g/mol. The Morgan fingerprint density at radius 3 is 2.75 bits per heavy atom. The molecule has 8 heteroatoms. The van der Waals surface area contributed by atoms with Crippen LogP contribution in [0.25, 0.3) is 11.2 Å². The van der Waals surface area contributed by atoms with E-state index in [4.69, 9.17) is 9.47 Å². The zero-order valence-electron chi connectivity index (χ0n) is 19.3. The molecule has 0 radical (unpaired) electrons. The Hall–Kier alpha value is -2.45. The number of fused-ring (bicyclic) bond motifs is 1. The summed E-state index contributed by atoms with van der Waals surface area (Å²) in [6.45, 7) is 8.18. The first kappa shape index (κ1) is 22.7. The highest BCUT2D eigenvalue weighted by Crippen LogP contribution is 2.22. The molecule has 1 saturated heterocycles. The first-order valence-electron chi connectivity index (χ1n) is 11.8. The van der Waals surface area contributed by atoms with Gasteiger partial charge in [-0.1, -0.05) is 31.2 Å². The summed E-state index contributed by atoms with van der Waals surface area (Å²) in [5, 5.41) is 0. The van der Waals surface area contributed by atoms with Crippen molar-refractivity contribution in [3.63, 3.8) is 0 Å². The maximum Gasteiger partial charge on any atom is 0.332 e. The lowest BCUT2D eigenvalue weighted by molar-refractivity contribution is -0.163. The van der Waals surface area contributed by atoms with Gasteiger partial charge < -0.3 is 14.0 Å². The number of nitrogens with zero attached hydrogens (tertiary/aromatic N) is 4. The van der Waals surface area contributed by atoms with Crippen molar-refractivity contribution >= 4 is 11.2 Å². The number of hydrogen-bond donors (Lipinski definition) is 0. The molecule has 8 nitrogen and oxygen atoms in total. The molecule has 1 aliphatic heterocycles. The fraction of sp³-hybridized carbons (Fsp3) is 0.625. The molecule has 0 amide bonds. The molecule has 1 aliphatic carbocycles. The Morgan fingerprint density at radius 1 is 1.22 bits per heavy atom. The maximum atomic E-state index is 13.4. The summed E-state index contributed by atoms with van der Waals surface area (Å²) in [6, 6.07) is -0.108. The molecule has 0 spiro atoms. The summed E-state index contributed by atoms with van der Waals surface area (Å²) >= 11 is 0. The van der Waals surface area contributed by atoms with Crippen LogP contribution in [0.1, 0.15) is 52.5 Å². The van der Waals surface area contributed by atoms with Gasteiger partial charge in [-0.25, -0.2) is 9.78 Å². The zero-order valence-corrected chi connectivity index (χ0v) is 19.3. The average Bonchev–Trinajstić information content (AvgIpc) is 3.18. The van der Waals surface area contributed by atoms with E-state index in [0.717, 1.165) is 25.9 Å². The molecule has 3 heterocycles. The van der Waals surface area contributed by atoms with Gasteiger partial charge in [0, 0.05) is 31.7 Å². The molecule has 3 unspecified atom stereocenters. The summed E-state index contributed by atoms with van der Waals surface area (Å²) in [5.74, 6) is 0.642. The van der Waals surface area contributed by atoms with Crippen LogP contribution < -0.4 is 11.2 Å². The third-order valence-electron chi connectivity index (χ3n) is 6.38. The quantitative estimate of drug-likeness (QED) is 0.586. The lowest BCUT2D eigenvalue weighted by atomic mass is 9.90. The number of imidazole rings is 1. The van der Waals surface area contributed by atoms with Crippen molar-refractivity contribution in [3.05, 3.63) is 51.5 Å². The second kappa shape index (κ2) is 10.0. The minimum atomic E-state index is -0.314. The van der Waals surface area contributed by atoms with Crippen LogP contribution in [0.2, 0.25) is 0 Å². The van der Waals surface area contributed by atoms with Gasteiger partial charge in [0.1, 0.15) is 0 Å². The van der Waals surface area contributed by atoms with E-state index in [1.165, 1.54) is 4.57 Å². The van der Waals surface area contributed by atoms with Gasteiger partial charge in [-0.05, 0) is 45.4 Å². The van der Waals surface area contributed by atoms with Gasteiger partial charge in [0.25, 0.3) is 5.56 Å². The molecule has 0 bridgehead atoms. The van der Waals surface area contributed by atoms with Crippen LogP contribution in [0.15, 0.2) is 40.2 Å². The van der Waals surface area contributed by atoms with Crippen molar-refractivity contribution in [2.45, 2.75) is 71.9 Å². The monoisotopic (exact) mass is 442 g/mol. The summed E-state index contributed by atoms with van der Waals surface area (Å²) < 4.78 is 16.3. The molecule has 4 rings (SSSR count). The van der Waals surface area contributed by atoms with Crippen LogP contribution in [0.5, 0.6) is 0 Å². The fourth-order valence-corrected chi connectivity index (χ4v) is 4.50. The Balaban J connectivity index is 1.60. The first-order valence-corrected chi connectivity index (χ1v) is 11.8. The summed E-state index contributed by atoms with van der Waals surface area (Å²) in [6.07, 6.45) is 13.6. The van der Waals surface area contributed by atoms with Gasteiger partial charge in [-0.3, -0.25) is 13.9 Å². The molecular weight excluding hydrogens is 408 g/mol. The molecule has 3 atom stereocenters. The van der Waals surface area contributed by atoms with E-state index in [-0.39, 0.29) is 29.5 Å². The van der Waals surface area contributed by atoms with E-state index in [9.17, 15) is 9.59 Å². The van der Waals surface area contributed by atoms with Gasteiger partial charge in [-0.2, -0.15) is 0 Å². The minimum absolute atomic E-state index is 0.108. The van der Waals surface area contributed by atoms with E-state index in [0.29, 0.717) is 43.2 Å². The Labute approximate surface area is 188 Å². The van der Waals surface area contributed by atoms with Crippen molar-refractivity contribution in [1.29, 1.82) is 0 Å². The van der Waals surface area contributed by atoms with Crippen LogP contribution >= 0.6 is 0 Å². The van der Waals surface area contributed by atoms with Crippen LogP contribution in [-0.4, -0.2) is 38.2 Å². The minimum Gasteiger partial charge on any atom is -0.353 e. The van der Waals surface area contributed by atoms with E-state index in [2.05, 4.69) is 30.1 Å². The third-order valence-corrected chi connectivity index (χ3v) is 6.38. The molecule has 0 saturated carbocycles. The normalized spacial score (nSPS) is 23.4. The molecule has 0 aromatic carbocycles. The third kappa shape index (κ3) is 4.66. The lowest BCUT2D eigenvalue weighted by Crippen LogP contribution is -2.41. The van der Waals surface area contributed by atoms with Gasteiger partial charge in [0.05, 0.1) is 12.9 Å². The molecule has 2 aromatic rings. The van der Waals surface area contributed by atoms with E-state index >= 15 is 0 Å². The van der Waals surface area contributed by atoms with Crippen LogP contribution in [0.4, 0.5) is 0 Å². The molecular formula is C24H34N4O4. The van der Waals surface area contributed by atoms with E-state index < -0.39 is 0 Å². The SMILES string of the molecule is CC1C=CC=CC1Cn1cnc2c1c(=O)n(CCCOC1CCCCO1)c(=O)n2C(C)C. The number of rotatable bonds is 8. The highest BCUT2D eigenvalue weighted by Gasteiger charge is 2.22. The van der Waals surface area contributed by atoms with Crippen molar-refractivity contribution in [2.75, 3.05) is 13.2 Å². The Bertz CT molecular complexity index is 1100. The summed E-state index contributed by atoms with van der Waals surface area (Å²) in [7, 11) is 0. The van der Waals surface area contributed by atoms with Gasteiger partial charge >= 0.3 is 5.69 Å². The Kier molecular flexibility index (Phi) is 7.10. The molecule has 1 fully saturated rings. The second-order valence-electron chi connectivity index (χ2n) is 9.09. The molecule has 0 N–H and O–H groups in total. The van der Waals surface area contributed by atoms with Crippen molar-refractivity contribution < 1.29 is 9.47 Å². The van der Waals surface area contributed by atoms with Crippen molar-refractivity contribution in [1.82, 2.24) is 18.7 Å². The first-order chi connectivity index (χ1) is 15.5. The predicted molar refractivity (Wildman–Crippen MR) is 124 cm³/mol. The summed E-state index contributed by atoms with van der Waals surface area (Å²) in [5.41, 5.74) is 0.355. The number of aromatic nitrogens is 4. The topological polar surface area (TPSA) is 80.3 Å². The fourth-order valence-electron chi connectivity index (χ4n) is 4.50. The van der Waals surface area contributed by atoms with Gasteiger partial charge in [0.2, 0.25) is 0 Å². The van der Waals surface area contributed by atoms with Crippen molar-refractivity contribution in [3.8, 4) is 0 Å². The summed E-state index contributed by atoms with van der Waals surface area (Å²) in [4.78, 5) is 31.1. The molecule has 2 aromatic heterocycles. The molecule has 174 valence electrons. The number of hydrogen-bond acceptors (Lipinski definition) is 5. The molecule has 2 aliphatic rings. The highest BCUT2D eigenvalue weighted by atomic mass is 16.7. The standard InChI is InChI=1S/C24H34N4O4/c1-17(2)28-22-21(26(16-25-22)15-19-10-5-4-9-18(19)3)23(29)27(24(28)30)12-8-14-32-20-11-6-7-13-31-20/h4-5,9-10,16-20H,6-8,11-15H2,1-3H3. The maximum absolute atomic E-state index is 13.4. The van der Waals surface area contributed by atoms with E-state index in [1.54, 1.807) is 10.9 Å². The largest absolute Gasteiger partial charge is 0.353 e. The Morgan fingerprint density at radius 2 is 2.03 bits per heavy atom. The predicted octanol–water partition coefficient (Wildman–Crippen LogP) is 3.25. The number of ether oxygens (including phenoxy) is 2. The molecule has 32 heavy (non-hydrogen) atoms. The highest BCUT2D eigenvalue weighted by molar-refractivity contribution is 5.70. The van der Waals surface area contributed by atoms with Crippen molar-refractivity contribution in [2.24, 2.45) is 11.8 Å². The van der Waals surface area contributed by atoms with Gasteiger partial charge in [0.15, 0.2) is 17.5 Å². The number of allylic oxidation sites excluding steroid dienone is 4.